The lowest BCUT2D eigenvalue weighted by Crippen LogP contribution is -2.04. The lowest BCUT2D eigenvalue weighted by Gasteiger charge is -2.06. The first-order chi connectivity index (χ1) is 12.4. The summed E-state index contributed by atoms with van der Waals surface area (Å²) in [6.45, 7) is 1.88. The Bertz CT molecular complexity index is 950. The summed E-state index contributed by atoms with van der Waals surface area (Å²) in [7, 11) is 0. The van der Waals surface area contributed by atoms with Crippen LogP contribution in [-0.2, 0) is 12.8 Å². The van der Waals surface area contributed by atoms with Crippen molar-refractivity contribution >= 4 is 0 Å². The summed E-state index contributed by atoms with van der Waals surface area (Å²) in [6.07, 6.45) is 0.974. The molecule has 0 fully saturated rings. The number of terminal acetylenes is 1. The number of hydrogen-bond donors (Lipinski definition) is 0. The van der Waals surface area contributed by atoms with Crippen LogP contribution in [0.25, 0.3) is 11.5 Å². The fourth-order valence-corrected chi connectivity index (χ4v) is 2.31. The van der Waals surface area contributed by atoms with Crippen molar-refractivity contribution in [2.75, 3.05) is 0 Å². The van der Waals surface area contributed by atoms with E-state index in [1.807, 2.05) is 0 Å². The number of nitrogens with zero attached hydrogens (tertiary/aromatic N) is 1. The van der Waals surface area contributed by atoms with Crippen LogP contribution in [0.2, 0.25) is 0 Å². The number of aromatic nitrogens is 1. The minimum atomic E-state index is -4.38. The van der Waals surface area contributed by atoms with Gasteiger partial charge in [0.05, 0.1) is 5.56 Å². The fourth-order valence-electron chi connectivity index (χ4n) is 2.31. The summed E-state index contributed by atoms with van der Waals surface area (Å²) < 4.78 is 49.1. The van der Waals surface area contributed by atoms with Crippen LogP contribution >= 0.6 is 0 Å². The summed E-state index contributed by atoms with van der Waals surface area (Å²) in [5.41, 5.74) is 0.999. The Hall–Kier alpha value is -3.20. The van der Waals surface area contributed by atoms with Gasteiger partial charge in [0.2, 0.25) is 5.89 Å². The summed E-state index contributed by atoms with van der Waals surface area (Å²) in [4.78, 5) is 4.32. The number of aryl methyl sites for hydroxylation is 1. The van der Waals surface area contributed by atoms with Crippen LogP contribution in [0.15, 0.2) is 52.9 Å². The Balaban J connectivity index is 1.75. The number of benzene rings is 2. The summed E-state index contributed by atoms with van der Waals surface area (Å²) in [5, 5.41) is 0. The smallest absolute Gasteiger partial charge is 0.416 e. The highest BCUT2D eigenvalue weighted by molar-refractivity contribution is 5.54. The number of rotatable bonds is 4. The molecule has 3 nitrogen and oxygen atoms in total. The molecule has 1 heterocycles. The van der Waals surface area contributed by atoms with E-state index in [9.17, 15) is 13.2 Å². The van der Waals surface area contributed by atoms with Gasteiger partial charge in [0.1, 0.15) is 23.8 Å². The van der Waals surface area contributed by atoms with Crippen molar-refractivity contribution in [2.24, 2.45) is 0 Å². The highest BCUT2D eigenvalue weighted by Gasteiger charge is 2.30. The first-order valence-electron chi connectivity index (χ1n) is 7.70. The van der Waals surface area contributed by atoms with Crippen molar-refractivity contribution in [2.45, 2.75) is 19.7 Å². The molecule has 0 aliphatic heterocycles. The molecule has 3 aromatic rings. The van der Waals surface area contributed by atoms with Gasteiger partial charge in [-0.3, -0.25) is 0 Å². The Kier molecular flexibility index (Phi) is 4.72. The summed E-state index contributed by atoms with van der Waals surface area (Å²) in [5.74, 6) is 3.90. The van der Waals surface area contributed by atoms with Gasteiger partial charge in [-0.2, -0.15) is 13.2 Å². The predicted octanol–water partition coefficient (Wildman–Crippen LogP) is 5.23. The molecular formula is C20H14F3NO2. The second kappa shape index (κ2) is 6.96. The van der Waals surface area contributed by atoms with Gasteiger partial charge < -0.3 is 9.15 Å². The maximum absolute atomic E-state index is 12.6. The lowest BCUT2D eigenvalue weighted by molar-refractivity contribution is -0.137. The molecular weight excluding hydrogens is 343 g/mol. The van der Waals surface area contributed by atoms with Crippen LogP contribution in [0.5, 0.6) is 5.75 Å². The van der Waals surface area contributed by atoms with E-state index in [0.29, 0.717) is 28.3 Å². The first-order valence-corrected chi connectivity index (χ1v) is 7.70. The normalized spacial score (nSPS) is 11.2. The summed E-state index contributed by atoms with van der Waals surface area (Å²) in [6, 6.07) is 11.7. The quantitative estimate of drug-likeness (QED) is 0.600. The van der Waals surface area contributed by atoms with E-state index < -0.39 is 11.7 Å². The van der Waals surface area contributed by atoms with Crippen molar-refractivity contribution in [3.63, 3.8) is 0 Å². The maximum Gasteiger partial charge on any atom is 0.416 e. The summed E-state index contributed by atoms with van der Waals surface area (Å²) >= 11 is 0. The van der Waals surface area contributed by atoms with Crippen LogP contribution in [0.4, 0.5) is 13.2 Å². The average molecular weight is 357 g/mol. The van der Waals surface area contributed by atoms with Crippen LogP contribution in [0, 0.1) is 19.3 Å². The van der Waals surface area contributed by atoms with Crippen molar-refractivity contribution in [1.29, 1.82) is 0 Å². The Labute approximate surface area is 148 Å². The third-order valence-corrected chi connectivity index (χ3v) is 3.73. The largest absolute Gasteiger partial charge is 0.487 e. The molecule has 3 rings (SSSR count). The number of oxazole rings is 1. The van der Waals surface area contributed by atoms with Crippen LogP contribution < -0.4 is 4.74 Å². The number of alkyl halides is 3. The Morgan fingerprint density at radius 3 is 2.54 bits per heavy atom. The molecule has 0 aliphatic rings. The molecule has 6 heteroatoms. The topological polar surface area (TPSA) is 35.3 Å². The zero-order chi connectivity index (χ0) is 18.7. The van der Waals surface area contributed by atoms with E-state index in [-0.39, 0.29) is 12.5 Å². The molecule has 0 atom stereocenters. The van der Waals surface area contributed by atoms with E-state index in [1.54, 1.807) is 31.2 Å². The van der Waals surface area contributed by atoms with E-state index in [1.165, 1.54) is 12.1 Å². The van der Waals surface area contributed by atoms with Crippen molar-refractivity contribution in [3.8, 4) is 29.5 Å². The van der Waals surface area contributed by atoms with E-state index >= 15 is 0 Å². The maximum atomic E-state index is 12.6. The SMILES string of the molecule is C#Cc1cccc(OCc2nc(-c3ccc(C(F)(F)F)cc3)oc2C)c1. The van der Waals surface area contributed by atoms with Gasteiger partial charge in [0, 0.05) is 11.1 Å². The first kappa shape index (κ1) is 17.6. The zero-order valence-electron chi connectivity index (χ0n) is 13.8. The molecule has 0 unspecified atom stereocenters. The van der Waals surface area contributed by atoms with Gasteiger partial charge >= 0.3 is 6.18 Å². The van der Waals surface area contributed by atoms with E-state index in [4.69, 9.17) is 15.6 Å². The predicted molar refractivity (Wildman–Crippen MR) is 90.4 cm³/mol. The van der Waals surface area contributed by atoms with E-state index in [0.717, 1.165) is 12.1 Å². The lowest BCUT2D eigenvalue weighted by atomic mass is 10.1. The van der Waals surface area contributed by atoms with Crippen molar-refractivity contribution < 1.29 is 22.3 Å². The molecule has 0 aliphatic carbocycles. The third kappa shape index (κ3) is 3.89. The second-order valence-electron chi connectivity index (χ2n) is 5.56. The molecule has 2 aromatic carbocycles. The van der Waals surface area contributed by atoms with Gasteiger partial charge in [0.25, 0.3) is 0 Å². The molecule has 0 saturated heterocycles. The molecule has 1 aromatic heterocycles. The zero-order valence-corrected chi connectivity index (χ0v) is 13.8. The van der Waals surface area contributed by atoms with Gasteiger partial charge in [0.15, 0.2) is 0 Å². The van der Waals surface area contributed by atoms with Gasteiger partial charge in [-0.1, -0.05) is 12.0 Å². The molecule has 132 valence electrons. The molecule has 0 N–H and O–H groups in total. The van der Waals surface area contributed by atoms with Gasteiger partial charge in [-0.05, 0) is 49.4 Å². The molecule has 0 amide bonds. The highest BCUT2D eigenvalue weighted by atomic mass is 19.4. The number of ether oxygens (including phenoxy) is 1. The molecule has 0 bridgehead atoms. The van der Waals surface area contributed by atoms with Crippen LogP contribution in [-0.4, -0.2) is 4.98 Å². The van der Waals surface area contributed by atoms with Crippen LogP contribution in [0.1, 0.15) is 22.6 Å². The Morgan fingerprint density at radius 2 is 1.88 bits per heavy atom. The molecule has 0 radical (unpaired) electrons. The number of halogens is 3. The minimum Gasteiger partial charge on any atom is -0.487 e. The fraction of sp³-hybridized carbons (Fsp3) is 0.150. The highest BCUT2D eigenvalue weighted by Crippen LogP contribution is 2.31. The molecule has 0 spiro atoms. The van der Waals surface area contributed by atoms with Gasteiger partial charge in [-0.25, -0.2) is 4.98 Å². The standard InChI is InChI=1S/C20H14F3NO2/c1-3-14-5-4-6-17(11-14)25-12-18-13(2)26-19(24-18)15-7-9-16(10-8-15)20(21,22)23/h1,4-11H,12H2,2H3. The van der Waals surface area contributed by atoms with Crippen molar-refractivity contribution in [3.05, 3.63) is 71.1 Å². The second-order valence-corrected chi connectivity index (χ2v) is 5.56. The van der Waals surface area contributed by atoms with Crippen LogP contribution in [0.3, 0.4) is 0 Å². The molecule has 0 saturated carbocycles. The average Bonchev–Trinajstić information content (AvgIpc) is 3.00. The monoisotopic (exact) mass is 357 g/mol. The molecule has 26 heavy (non-hydrogen) atoms. The third-order valence-electron chi connectivity index (χ3n) is 3.73. The number of hydrogen-bond acceptors (Lipinski definition) is 3. The minimum absolute atomic E-state index is 0.157. The van der Waals surface area contributed by atoms with Gasteiger partial charge in [-0.15, -0.1) is 6.42 Å². The van der Waals surface area contributed by atoms with E-state index in [2.05, 4.69) is 10.9 Å². The Morgan fingerprint density at radius 1 is 1.15 bits per heavy atom. The van der Waals surface area contributed by atoms with Crippen molar-refractivity contribution in [1.82, 2.24) is 4.98 Å².